The number of aryl methyl sites for hydroxylation is 1. The van der Waals surface area contributed by atoms with Crippen LogP contribution in [0.4, 0.5) is 10.1 Å². The van der Waals surface area contributed by atoms with Gasteiger partial charge in [-0.2, -0.15) is 0 Å². The zero-order valence-electron chi connectivity index (χ0n) is 9.21. The van der Waals surface area contributed by atoms with Crippen LogP contribution in [-0.2, 0) is 0 Å². The molecule has 2 aromatic rings. The van der Waals surface area contributed by atoms with Crippen molar-refractivity contribution in [3.63, 3.8) is 0 Å². The van der Waals surface area contributed by atoms with Gasteiger partial charge in [-0.05, 0) is 42.8 Å². The summed E-state index contributed by atoms with van der Waals surface area (Å²) in [7, 11) is 0. The second-order valence-corrected chi connectivity index (χ2v) is 4.07. The molecule has 4 heteroatoms. The molecule has 0 aromatic heterocycles. The number of hydrogen-bond acceptors (Lipinski definition) is 2. The first-order valence-electron chi connectivity index (χ1n) is 5.06. The molecule has 2 N–H and O–H groups in total. The Morgan fingerprint density at radius 2 is 1.94 bits per heavy atom. The van der Waals surface area contributed by atoms with Crippen LogP contribution in [0.1, 0.15) is 5.56 Å². The minimum atomic E-state index is -0.297. The van der Waals surface area contributed by atoms with Gasteiger partial charge in [0.1, 0.15) is 11.6 Å². The summed E-state index contributed by atoms with van der Waals surface area (Å²) in [4.78, 5) is 0. The molecule has 0 heterocycles. The van der Waals surface area contributed by atoms with E-state index in [9.17, 15) is 4.39 Å². The van der Waals surface area contributed by atoms with Crippen LogP contribution in [-0.4, -0.2) is 0 Å². The lowest BCUT2D eigenvalue weighted by molar-refractivity contribution is 0.479. The lowest BCUT2D eigenvalue weighted by Gasteiger charge is -2.11. The van der Waals surface area contributed by atoms with Crippen LogP contribution in [0.25, 0.3) is 0 Å². The van der Waals surface area contributed by atoms with Gasteiger partial charge in [0.15, 0.2) is 5.75 Å². The normalized spacial score (nSPS) is 10.3. The average molecular weight is 252 g/mol. The zero-order chi connectivity index (χ0) is 12.4. The molecule has 17 heavy (non-hydrogen) atoms. The summed E-state index contributed by atoms with van der Waals surface area (Å²) in [6.45, 7) is 1.76. The van der Waals surface area contributed by atoms with Crippen molar-refractivity contribution in [2.45, 2.75) is 6.92 Å². The largest absolute Gasteiger partial charge is 0.455 e. The molecule has 0 radical (unpaired) electrons. The molecule has 0 spiro atoms. The molecule has 2 nitrogen and oxygen atoms in total. The van der Waals surface area contributed by atoms with E-state index in [2.05, 4.69) is 0 Å². The van der Waals surface area contributed by atoms with Crippen LogP contribution in [0.15, 0.2) is 36.4 Å². The van der Waals surface area contributed by atoms with Crippen molar-refractivity contribution < 1.29 is 9.13 Å². The van der Waals surface area contributed by atoms with E-state index in [0.717, 1.165) is 0 Å². The quantitative estimate of drug-likeness (QED) is 0.814. The third-order valence-corrected chi connectivity index (χ3v) is 2.70. The van der Waals surface area contributed by atoms with Crippen LogP contribution in [0.5, 0.6) is 11.5 Å². The fourth-order valence-corrected chi connectivity index (χ4v) is 1.62. The summed E-state index contributed by atoms with van der Waals surface area (Å²) in [5, 5.41) is 0.433. The highest BCUT2D eigenvalue weighted by Crippen LogP contribution is 2.33. The first-order chi connectivity index (χ1) is 8.08. The highest BCUT2D eigenvalue weighted by Gasteiger charge is 2.07. The highest BCUT2D eigenvalue weighted by molar-refractivity contribution is 6.33. The van der Waals surface area contributed by atoms with Crippen molar-refractivity contribution in [3.05, 3.63) is 52.8 Å². The Morgan fingerprint density at radius 1 is 1.18 bits per heavy atom. The number of para-hydroxylation sites is 1. The average Bonchev–Trinajstić information content (AvgIpc) is 2.28. The predicted molar refractivity (Wildman–Crippen MR) is 67.1 cm³/mol. The maximum absolute atomic E-state index is 12.9. The molecule has 0 bridgehead atoms. The molecule has 88 valence electrons. The Kier molecular flexibility index (Phi) is 3.20. The Hall–Kier alpha value is -1.74. The molecular formula is C13H11ClFNO. The van der Waals surface area contributed by atoms with Crippen LogP contribution < -0.4 is 10.5 Å². The number of nitrogens with two attached hydrogens (primary N) is 1. The first kappa shape index (κ1) is 11.7. The summed E-state index contributed by atoms with van der Waals surface area (Å²) < 4.78 is 18.5. The van der Waals surface area contributed by atoms with E-state index < -0.39 is 0 Å². The molecule has 2 rings (SSSR count). The molecule has 2 aromatic carbocycles. The van der Waals surface area contributed by atoms with Crippen LogP contribution in [0.2, 0.25) is 5.02 Å². The molecule has 0 aliphatic rings. The van der Waals surface area contributed by atoms with Gasteiger partial charge in [-0.15, -0.1) is 0 Å². The topological polar surface area (TPSA) is 35.2 Å². The monoisotopic (exact) mass is 251 g/mol. The minimum Gasteiger partial charge on any atom is -0.455 e. The maximum atomic E-state index is 12.9. The van der Waals surface area contributed by atoms with Gasteiger partial charge in [-0.3, -0.25) is 0 Å². The molecule has 0 aliphatic carbocycles. The van der Waals surface area contributed by atoms with E-state index in [1.165, 1.54) is 12.1 Å². The zero-order valence-corrected chi connectivity index (χ0v) is 9.96. The fourth-order valence-electron chi connectivity index (χ4n) is 1.45. The Balaban J connectivity index is 2.35. The number of hydrogen-bond donors (Lipinski definition) is 1. The first-order valence-corrected chi connectivity index (χ1v) is 5.43. The van der Waals surface area contributed by atoms with Crippen LogP contribution in [0, 0.1) is 12.7 Å². The smallest absolute Gasteiger partial charge is 0.151 e. The molecule has 0 saturated carbocycles. The molecule has 0 unspecified atom stereocenters. The number of nitrogen functional groups attached to an aromatic ring is 1. The third-order valence-electron chi connectivity index (χ3n) is 2.37. The fraction of sp³-hybridized carbons (Fsp3) is 0.0769. The number of halogens is 2. The summed E-state index contributed by atoms with van der Waals surface area (Å²) in [6, 6.07) is 9.43. The van der Waals surface area contributed by atoms with Crippen LogP contribution in [0.3, 0.4) is 0 Å². The van der Waals surface area contributed by atoms with Gasteiger partial charge in [-0.25, -0.2) is 4.39 Å². The summed E-state index contributed by atoms with van der Waals surface area (Å²) in [5.74, 6) is 0.724. The third kappa shape index (κ3) is 2.50. The van der Waals surface area contributed by atoms with E-state index in [-0.39, 0.29) is 5.82 Å². The van der Waals surface area contributed by atoms with Crippen LogP contribution >= 0.6 is 11.6 Å². The van der Waals surface area contributed by atoms with Crippen molar-refractivity contribution in [1.29, 1.82) is 0 Å². The maximum Gasteiger partial charge on any atom is 0.151 e. The lowest BCUT2D eigenvalue weighted by atomic mass is 10.2. The summed E-state index contributed by atoms with van der Waals surface area (Å²) in [6.07, 6.45) is 0. The summed E-state index contributed by atoms with van der Waals surface area (Å²) >= 11 is 5.88. The molecule has 0 amide bonds. The van der Waals surface area contributed by atoms with Gasteiger partial charge in [0, 0.05) is 0 Å². The van der Waals surface area contributed by atoms with Gasteiger partial charge >= 0.3 is 0 Å². The molecule has 0 aliphatic heterocycles. The Bertz CT molecular complexity index is 557. The van der Waals surface area contributed by atoms with Crippen molar-refractivity contribution in [2.75, 3.05) is 5.73 Å². The number of anilines is 1. The number of ether oxygens (including phenoxy) is 1. The van der Waals surface area contributed by atoms with Crippen molar-refractivity contribution >= 4 is 17.3 Å². The minimum absolute atomic E-state index is 0.297. The van der Waals surface area contributed by atoms with Gasteiger partial charge in [0.25, 0.3) is 0 Å². The van der Waals surface area contributed by atoms with E-state index in [4.69, 9.17) is 22.1 Å². The van der Waals surface area contributed by atoms with E-state index in [0.29, 0.717) is 27.8 Å². The second-order valence-electron chi connectivity index (χ2n) is 3.66. The van der Waals surface area contributed by atoms with E-state index in [1.54, 1.807) is 31.2 Å². The highest BCUT2D eigenvalue weighted by atomic mass is 35.5. The SMILES string of the molecule is Cc1cc(F)ccc1Oc1cccc(Cl)c1N. The Labute approximate surface area is 104 Å². The molecule has 0 saturated heterocycles. The molecule has 0 atom stereocenters. The van der Waals surface area contributed by atoms with Crippen molar-refractivity contribution in [2.24, 2.45) is 0 Å². The van der Waals surface area contributed by atoms with Crippen molar-refractivity contribution in [1.82, 2.24) is 0 Å². The Morgan fingerprint density at radius 3 is 2.65 bits per heavy atom. The summed E-state index contributed by atoms with van der Waals surface area (Å²) in [5.41, 5.74) is 6.85. The van der Waals surface area contributed by atoms with Gasteiger partial charge in [0.05, 0.1) is 10.7 Å². The van der Waals surface area contributed by atoms with Gasteiger partial charge in [-0.1, -0.05) is 17.7 Å². The van der Waals surface area contributed by atoms with E-state index >= 15 is 0 Å². The van der Waals surface area contributed by atoms with Gasteiger partial charge in [0.2, 0.25) is 0 Å². The predicted octanol–water partition coefficient (Wildman–Crippen LogP) is 4.16. The molecular weight excluding hydrogens is 241 g/mol. The number of rotatable bonds is 2. The standard InChI is InChI=1S/C13H11ClFNO/c1-8-7-9(15)5-6-11(8)17-12-4-2-3-10(14)13(12)16/h2-7H,16H2,1H3. The van der Waals surface area contributed by atoms with E-state index in [1.807, 2.05) is 0 Å². The van der Waals surface area contributed by atoms with Gasteiger partial charge < -0.3 is 10.5 Å². The lowest BCUT2D eigenvalue weighted by Crippen LogP contribution is -1.94. The van der Waals surface area contributed by atoms with Crippen molar-refractivity contribution in [3.8, 4) is 11.5 Å². The second kappa shape index (κ2) is 4.63. The number of benzene rings is 2. The molecule has 0 fully saturated rings.